The summed E-state index contributed by atoms with van der Waals surface area (Å²) in [5, 5.41) is 16.4. The van der Waals surface area contributed by atoms with Crippen LogP contribution in [-0.4, -0.2) is 36.0 Å². The van der Waals surface area contributed by atoms with Crippen molar-refractivity contribution in [2.75, 3.05) is 26.2 Å². The maximum Gasteiger partial charge on any atom is 0.324 e. The molecular formula is C13H21N3O2S. The van der Waals surface area contributed by atoms with E-state index in [4.69, 9.17) is 0 Å². The summed E-state index contributed by atoms with van der Waals surface area (Å²) in [5.74, 6) is 0. The van der Waals surface area contributed by atoms with Gasteiger partial charge >= 0.3 is 5.00 Å². The van der Waals surface area contributed by atoms with Gasteiger partial charge in [-0.3, -0.25) is 15.0 Å². The van der Waals surface area contributed by atoms with E-state index in [9.17, 15) is 10.1 Å². The van der Waals surface area contributed by atoms with E-state index in [0.29, 0.717) is 6.04 Å². The molecule has 0 unspecified atom stereocenters. The molecule has 0 radical (unpaired) electrons. The fraction of sp³-hybridized carbons (Fsp3) is 0.692. The van der Waals surface area contributed by atoms with Gasteiger partial charge in [-0.05, 0) is 12.0 Å². The SMILES string of the molecule is CCCC[C@@H](c1csc([N+](=O)[O-])c1)N1CCNCC1. The van der Waals surface area contributed by atoms with Crippen LogP contribution < -0.4 is 5.32 Å². The monoisotopic (exact) mass is 283 g/mol. The van der Waals surface area contributed by atoms with Crippen molar-refractivity contribution in [3.63, 3.8) is 0 Å². The molecule has 1 aliphatic heterocycles. The van der Waals surface area contributed by atoms with Crippen molar-refractivity contribution in [2.45, 2.75) is 32.2 Å². The van der Waals surface area contributed by atoms with Gasteiger partial charge in [0.15, 0.2) is 0 Å². The van der Waals surface area contributed by atoms with Gasteiger partial charge in [0.25, 0.3) is 0 Å². The van der Waals surface area contributed by atoms with Crippen LogP contribution in [0.1, 0.15) is 37.8 Å². The van der Waals surface area contributed by atoms with Crippen molar-refractivity contribution >= 4 is 16.3 Å². The molecule has 2 heterocycles. The lowest BCUT2D eigenvalue weighted by atomic mass is 10.0. The molecule has 1 fully saturated rings. The molecule has 1 aromatic heterocycles. The highest BCUT2D eigenvalue weighted by Crippen LogP contribution is 2.33. The maximum atomic E-state index is 10.8. The second-order valence-electron chi connectivity index (χ2n) is 4.92. The zero-order valence-corrected chi connectivity index (χ0v) is 12.1. The summed E-state index contributed by atoms with van der Waals surface area (Å²) in [4.78, 5) is 13.0. The minimum absolute atomic E-state index is 0.256. The standard InChI is InChI=1S/C13H21N3O2S/c1-2-3-4-12(15-7-5-14-6-8-15)11-9-13(16(17)18)19-10-11/h9-10,12,14H,2-8H2,1H3/t12-/m0/s1. The quantitative estimate of drug-likeness (QED) is 0.644. The number of hydrogen-bond acceptors (Lipinski definition) is 5. The van der Waals surface area contributed by atoms with Crippen LogP contribution in [0.4, 0.5) is 5.00 Å². The Balaban J connectivity index is 2.12. The average Bonchev–Trinajstić information content (AvgIpc) is 2.90. The van der Waals surface area contributed by atoms with Crippen molar-refractivity contribution in [1.29, 1.82) is 0 Å². The normalized spacial score (nSPS) is 18.4. The van der Waals surface area contributed by atoms with E-state index in [-0.39, 0.29) is 9.92 Å². The van der Waals surface area contributed by atoms with Gasteiger partial charge in [-0.2, -0.15) is 0 Å². The fourth-order valence-corrected chi connectivity index (χ4v) is 3.33. The largest absolute Gasteiger partial charge is 0.324 e. The highest BCUT2D eigenvalue weighted by Gasteiger charge is 2.24. The van der Waals surface area contributed by atoms with E-state index >= 15 is 0 Å². The maximum absolute atomic E-state index is 10.8. The molecule has 1 N–H and O–H groups in total. The number of nitrogens with zero attached hydrogens (tertiary/aromatic N) is 2. The van der Waals surface area contributed by atoms with Crippen LogP contribution in [0.3, 0.4) is 0 Å². The molecule has 2 rings (SSSR count). The van der Waals surface area contributed by atoms with E-state index in [1.807, 2.05) is 5.38 Å². The summed E-state index contributed by atoms with van der Waals surface area (Å²) in [6, 6.07) is 2.10. The third kappa shape index (κ3) is 3.75. The Labute approximate surface area is 117 Å². The Hall–Kier alpha value is -0.980. The van der Waals surface area contributed by atoms with Gasteiger partial charge in [0.1, 0.15) is 0 Å². The van der Waals surface area contributed by atoms with Gasteiger partial charge in [0, 0.05) is 43.7 Å². The minimum atomic E-state index is -0.289. The molecule has 106 valence electrons. The van der Waals surface area contributed by atoms with Crippen molar-refractivity contribution in [2.24, 2.45) is 0 Å². The van der Waals surface area contributed by atoms with Crippen LogP contribution in [0, 0.1) is 10.1 Å². The highest BCUT2D eigenvalue weighted by molar-refractivity contribution is 7.13. The van der Waals surface area contributed by atoms with Gasteiger partial charge in [-0.1, -0.05) is 31.1 Å². The Morgan fingerprint density at radius 1 is 1.53 bits per heavy atom. The second-order valence-corrected chi connectivity index (χ2v) is 5.81. The summed E-state index contributed by atoms with van der Waals surface area (Å²) in [6.45, 7) is 6.25. The van der Waals surface area contributed by atoms with Gasteiger partial charge in [-0.25, -0.2) is 0 Å². The lowest BCUT2D eigenvalue weighted by Gasteiger charge is -2.34. The summed E-state index contributed by atoms with van der Waals surface area (Å²) in [7, 11) is 0. The van der Waals surface area contributed by atoms with Crippen LogP contribution in [0.15, 0.2) is 11.4 Å². The number of piperazine rings is 1. The van der Waals surface area contributed by atoms with Gasteiger partial charge < -0.3 is 5.32 Å². The van der Waals surface area contributed by atoms with Crippen molar-refractivity contribution < 1.29 is 4.92 Å². The Bertz CT molecular complexity index is 416. The summed E-state index contributed by atoms with van der Waals surface area (Å²) in [5.41, 5.74) is 1.12. The van der Waals surface area contributed by atoms with Crippen molar-refractivity contribution in [3.8, 4) is 0 Å². The molecule has 0 bridgehead atoms. The fourth-order valence-electron chi connectivity index (χ4n) is 2.56. The number of thiophene rings is 1. The van der Waals surface area contributed by atoms with E-state index < -0.39 is 0 Å². The Morgan fingerprint density at radius 2 is 2.26 bits per heavy atom. The molecule has 1 aromatic rings. The predicted octanol–water partition coefficient (Wildman–Crippen LogP) is 2.79. The van der Waals surface area contributed by atoms with E-state index in [2.05, 4.69) is 17.1 Å². The molecule has 19 heavy (non-hydrogen) atoms. The third-order valence-corrected chi connectivity index (χ3v) is 4.49. The number of hydrogen-bond donors (Lipinski definition) is 1. The van der Waals surface area contributed by atoms with Crippen LogP contribution in [0.5, 0.6) is 0 Å². The molecule has 6 heteroatoms. The molecule has 5 nitrogen and oxygen atoms in total. The van der Waals surface area contributed by atoms with Gasteiger partial charge in [0.2, 0.25) is 0 Å². The lowest BCUT2D eigenvalue weighted by molar-refractivity contribution is -0.380. The smallest absolute Gasteiger partial charge is 0.314 e. The minimum Gasteiger partial charge on any atom is -0.314 e. The van der Waals surface area contributed by atoms with Crippen LogP contribution in [-0.2, 0) is 0 Å². The van der Waals surface area contributed by atoms with Gasteiger partial charge in [0.05, 0.1) is 4.92 Å². The van der Waals surface area contributed by atoms with Crippen LogP contribution in [0.2, 0.25) is 0 Å². The molecule has 0 aliphatic carbocycles. The number of nitrogens with one attached hydrogen (secondary N) is 1. The average molecular weight is 283 g/mol. The molecule has 1 atom stereocenters. The van der Waals surface area contributed by atoms with E-state index in [1.165, 1.54) is 11.3 Å². The first-order valence-corrected chi connectivity index (χ1v) is 7.78. The second kappa shape index (κ2) is 6.98. The van der Waals surface area contributed by atoms with Gasteiger partial charge in [-0.15, -0.1) is 0 Å². The molecule has 0 amide bonds. The summed E-state index contributed by atoms with van der Waals surface area (Å²) < 4.78 is 0. The van der Waals surface area contributed by atoms with Crippen LogP contribution in [0.25, 0.3) is 0 Å². The molecule has 0 aromatic carbocycles. The molecule has 1 saturated heterocycles. The highest BCUT2D eigenvalue weighted by atomic mass is 32.1. The third-order valence-electron chi connectivity index (χ3n) is 3.59. The number of nitro groups is 1. The molecule has 0 spiro atoms. The van der Waals surface area contributed by atoms with E-state index in [1.54, 1.807) is 6.07 Å². The topological polar surface area (TPSA) is 58.4 Å². The summed E-state index contributed by atoms with van der Waals surface area (Å²) >= 11 is 1.24. The Morgan fingerprint density at radius 3 is 2.84 bits per heavy atom. The first kappa shape index (κ1) is 14.4. The number of unbranched alkanes of at least 4 members (excludes halogenated alkanes) is 1. The first-order valence-electron chi connectivity index (χ1n) is 6.90. The molecule has 0 saturated carbocycles. The van der Waals surface area contributed by atoms with E-state index in [0.717, 1.165) is 51.0 Å². The Kier molecular flexibility index (Phi) is 5.30. The predicted molar refractivity (Wildman–Crippen MR) is 77.7 cm³/mol. The molecular weight excluding hydrogens is 262 g/mol. The van der Waals surface area contributed by atoms with Crippen LogP contribution >= 0.6 is 11.3 Å². The summed E-state index contributed by atoms with van der Waals surface area (Å²) in [6.07, 6.45) is 3.41. The van der Waals surface area contributed by atoms with Crippen molar-refractivity contribution in [3.05, 3.63) is 27.1 Å². The number of rotatable bonds is 6. The zero-order chi connectivity index (χ0) is 13.7. The first-order chi connectivity index (χ1) is 9.22. The van der Waals surface area contributed by atoms with Crippen molar-refractivity contribution in [1.82, 2.24) is 10.2 Å². The zero-order valence-electron chi connectivity index (χ0n) is 11.3. The lowest BCUT2D eigenvalue weighted by Crippen LogP contribution is -2.45. The molecule has 1 aliphatic rings.